The Labute approximate surface area is 99.7 Å². The van der Waals surface area contributed by atoms with Gasteiger partial charge in [0.15, 0.2) is 5.69 Å². The van der Waals surface area contributed by atoms with Gasteiger partial charge in [0.25, 0.3) is 0 Å². The van der Waals surface area contributed by atoms with Gasteiger partial charge < -0.3 is 19.8 Å². The number of nitrogen functional groups attached to an aromatic ring is 1. The summed E-state index contributed by atoms with van der Waals surface area (Å²) in [5, 5.41) is 0. The van der Waals surface area contributed by atoms with Crippen LogP contribution in [0.15, 0.2) is 6.33 Å². The second-order valence-corrected chi connectivity index (χ2v) is 4.20. The molecule has 1 aromatic rings. The molecule has 6 heteroatoms. The summed E-state index contributed by atoms with van der Waals surface area (Å²) in [6.45, 7) is 0. The van der Waals surface area contributed by atoms with Crippen LogP contribution in [0, 0.1) is 0 Å². The number of nitrogens with two attached hydrogens (primary N) is 1. The van der Waals surface area contributed by atoms with E-state index in [9.17, 15) is 4.79 Å². The van der Waals surface area contributed by atoms with Crippen LogP contribution in [0.5, 0.6) is 0 Å². The van der Waals surface area contributed by atoms with Gasteiger partial charge in [0.05, 0.1) is 19.5 Å². The largest absolute Gasteiger partial charge is 0.464 e. The summed E-state index contributed by atoms with van der Waals surface area (Å²) < 4.78 is 11.8. The van der Waals surface area contributed by atoms with Crippen molar-refractivity contribution in [2.24, 2.45) is 0 Å². The molecule has 1 aromatic heterocycles. The third-order valence-corrected chi connectivity index (χ3v) is 3.29. The summed E-state index contributed by atoms with van der Waals surface area (Å²) >= 11 is 0. The number of rotatable bonds is 3. The first-order chi connectivity index (χ1) is 8.17. The summed E-state index contributed by atoms with van der Waals surface area (Å²) in [7, 11) is 3.03. The zero-order chi connectivity index (χ0) is 12.4. The molecule has 17 heavy (non-hydrogen) atoms. The molecule has 0 saturated heterocycles. The van der Waals surface area contributed by atoms with Gasteiger partial charge in [-0.25, -0.2) is 9.78 Å². The average Bonchev–Trinajstić information content (AvgIpc) is 2.94. The Morgan fingerprint density at radius 1 is 1.53 bits per heavy atom. The van der Waals surface area contributed by atoms with Gasteiger partial charge >= 0.3 is 5.97 Å². The van der Waals surface area contributed by atoms with Gasteiger partial charge in [-0.3, -0.25) is 0 Å². The first-order valence-electron chi connectivity index (χ1n) is 5.60. The maximum atomic E-state index is 11.4. The molecule has 0 aromatic carbocycles. The third-order valence-electron chi connectivity index (χ3n) is 3.29. The molecule has 0 radical (unpaired) electrons. The number of esters is 1. The topological polar surface area (TPSA) is 79.4 Å². The van der Waals surface area contributed by atoms with E-state index in [1.807, 2.05) is 4.57 Å². The van der Waals surface area contributed by atoms with E-state index in [0.717, 1.165) is 19.3 Å². The van der Waals surface area contributed by atoms with Crippen molar-refractivity contribution in [3.05, 3.63) is 12.0 Å². The molecule has 0 amide bonds. The normalized spacial score (nSPS) is 23.9. The standard InChI is InChI=1S/C11H17N3O3/c1-16-8-4-3-7(5-8)14-6-13-9(10(14)12)11(15)17-2/h6-8H,3-5,12H2,1-2H3. The lowest BCUT2D eigenvalue weighted by atomic mass is 10.2. The third kappa shape index (κ3) is 2.12. The number of imidazole rings is 1. The monoisotopic (exact) mass is 239 g/mol. The average molecular weight is 239 g/mol. The second-order valence-electron chi connectivity index (χ2n) is 4.20. The molecule has 2 N–H and O–H groups in total. The highest BCUT2D eigenvalue weighted by Crippen LogP contribution is 2.33. The zero-order valence-electron chi connectivity index (χ0n) is 10.0. The van der Waals surface area contributed by atoms with Crippen molar-refractivity contribution in [3.63, 3.8) is 0 Å². The number of hydrogen-bond donors (Lipinski definition) is 1. The number of ether oxygens (including phenoxy) is 2. The smallest absolute Gasteiger partial charge is 0.360 e. The number of hydrogen-bond acceptors (Lipinski definition) is 5. The molecular formula is C11H17N3O3. The predicted molar refractivity (Wildman–Crippen MR) is 61.7 cm³/mol. The Morgan fingerprint density at radius 2 is 2.29 bits per heavy atom. The number of nitrogens with zero attached hydrogens (tertiary/aromatic N) is 2. The molecule has 1 heterocycles. The molecule has 0 aliphatic heterocycles. The molecule has 2 atom stereocenters. The van der Waals surface area contributed by atoms with E-state index in [2.05, 4.69) is 9.72 Å². The van der Waals surface area contributed by atoms with Crippen molar-refractivity contribution in [3.8, 4) is 0 Å². The van der Waals surface area contributed by atoms with Gasteiger partial charge in [0, 0.05) is 13.2 Å². The van der Waals surface area contributed by atoms with E-state index in [4.69, 9.17) is 10.5 Å². The molecule has 0 bridgehead atoms. The van der Waals surface area contributed by atoms with Gasteiger partial charge in [-0.2, -0.15) is 0 Å². The molecule has 2 rings (SSSR count). The zero-order valence-corrected chi connectivity index (χ0v) is 10.0. The molecule has 0 spiro atoms. The van der Waals surface area contributed by atoms with Crippen molar-refractivity contribution in [2.45, 2.75) is 31.4 Å². The van der Waals surface area contributed by atoms with Gasteiger partial charge in [0.1, 0.15) is 5.82 Å². The number of carbonyl (C=O) groups excluding carboxylic acids is 1. The van der Waals surface area contributed by atoms with Gasteiger partial charge in [-0.1, -0.05) is 0 Å². The molecule has 1 fully saturated rings. The Morgan fingerprint density at radius 3 is 2.88 bits per heavy atom. The van der Waals surface area contributed by atoms with E-state index >= 15 is 0 Å². The second kappa shape index (κ2) is 4.75. The minimum absolute atomic E-state index is 0.188. The van der Waals surface area contributed by atoms with Crippen molar-refractivity contribution in [1.29, 1.82) is 0 Å². The molecular weight excluding hydrogens is 222 g/mol. The van der Waals surface area contributed by atoms with Gasteiger partial charge in [0.2, 0.25) is 0 Å². The Kier molecular flexibility index (Phi) is 3.33. The fourth-order valence-electron chi connectivity index (χ4n) is 2.30. The molecule has 1 aliphatic carbocycles. The quantitative estimate of drug-likeness (QED) is 0.796. The fourth-order valence-corrected chi connectivity index (χ4v) is 2.30. The summed E-state index contributed by atoms with van der Waals surface area (Å²) in [5.74, 6) is -0.124. The molecule has 2 unspecified atom stereocenters. The van der Waals surface area contributed by atoms with E-state index in [0.29, 0.717) is 5.82 Å². The Balaban J connectivity index is 2.18. The van der Waals surface area contributed by atoms with Crippen LogP contribution in [0.4, 0.5) is 5.82 Å². The summed E-state index contributed by atoms with van der Waals surface area (Å²) in [4.78, 5) is 15.4. The van der Waals surface area contributed by atoms with Crippen LogP contribution >= 0.6 is 0 Å². The summed E-state index contributed by atoms with van der Waals surface area (Å²) in [6.07, 6.45) is 4.76. The lowest BCUT2D eigenvalue weighted by molar-refractivity contribution is 0.0596. The van der Waals surface area contributed by atoms with Crippen LogP contribution in [-0.4, -0.2) is 35.8 Å². The van der Waals surface area contributed by atoms with Crippen LogP contribution < -0.4 is 5.73 Å². The summed E-state index contributed by atoms with van der Waals surface area (Å²) in [5.41, 5.74) is 6.09. The van der Waals surface area contributed by atoms with Gasteiger partial charge in [-0.15, -0.1) is 0 Å². The number of methoxy groups -OCH3 is 2. The molecule has 6 nitrogen and oxygen atoms in total. The highest BCUT2D eigenvalue weighted by atomic mass is 16.5. The molecule has 1 saturated carbocycles. The molecule has 94 valence electrons. The van der Waals surface area contributed by atoms with E-state index in [1.54, 1.807) is 13.4 Å². The van der Waals surface area contributed by atoms with E-state index in [-0.39, 0.29) is 17.8 Å². The van der Waals surface area contributed by atoms with Crippen LogP contribution in [0.3, 0.4) is 0 Å². The first-order valence-corrected chi connectivity index (χ1v) is 5.60. The number of anilines is 1. The van der Waals surface area contributed by atoms with Crippen LogP contribution in [0.25, 0.3) is 0 Å². The first kappa shape index (κ1) is 11.9. The number of carbonyl (C=O) groups is 1. The minimum atomic E-state index is -0.498. The van der Waals surface area contributed by atoms with E-state index < -0.39 is 5.97 Å². The van der Waals surface area contributed by atoms with Crippen molar-refractivity contribution in [2.75, 3.05) is 20.0 Å². The van der Waals surface area contributed by atoms with Crippen molar-refractivity contribution < 1.29 is 14.3 Å². The van der Waals surface area contributed by atoms with E-state index in [1.165, 1.54) is 7.11 Å². The van der Waals surface area contributed by atoms with Crippen LogP contribution in [0.1, 0.15) is 35.8 Å². The minimum Gasteiger partial charge on any atom is -0.464 e. The Bertz CT molecular complexity index is 416. The maximum Gasteiger partial charge on any atom is 0.360 e. The van der Waals surface area contributed by atoms with Crippen LogP contribution in [0.2, 0.25) is 0 Å². The van der Waals surface area contributed by atoms with Crippen LogP contribution in [-0.2, 0) is 9.47 Å². The number of aromatic nitrogens is 2. The maximum absolute atomic E-state index is 11.4. The fraction of sp³-hybridized carbons (Fsp3) is 0.636. The lowest BCUT2D eigenvalue weighted by Crippen LogP contribution is -2.12. The molecule has 1 aliphatic rings. The van der Waals surface area contributed by atoms with Crippen molar-refractivity contribution in [1.82, 2.24) is 9.55 Å². The Hall–Kier alpha value is -1.56. The van der Waals surface area contributed by atoms with Gasteiger partial charge in [-0.05, 0) is 19.3 Å². The summed E-state index contributed by atoms with van der Waals surface area (Å²) in [6, 6.07) is 0.255. The highest BCUT2D eigenvalue weighted by molar-refractivity contribution is 5.92. The SMILES string of the molecule is COC(=O)c1ncn(C2CCC(OC)C2)c1N. The highest BCUT2D eigenvalue weighted by Gasteiger charge is 2.28. The predicted octanol–water partition coefficient (Wildman–Crippen LogP) is 0.992. The van der Waals surface area contributed by atoms with Crippen molar-refractivity contribution >= 4 is 11.8 Å². The lowest BCUT2D eigenvalue weighted by Gasteiger charge is -2.13.